The van der Waals surface area contributed by atoms with E-state index in [1.807, 2.05) is 17.0 Å². The fourth-order valence-corrected chi connectivity index (χ4v) is 5.22. The van der Waals surface area contributed by atoms with Gasteiger partial charge in [-0.05, 0) is 47.6 Å². The van der Waals surface area contributed by atoms with E-state index in [1.165, 1.54) is 10.1 Å². The maximum atomic E-state index is 12.7. The first-order valence-electron chi connectivity index (χ1n) is 9.21. The molecule has 2 atom stereocenters. The fraction of sp³-hybridized carbons (Fsp3) is 0.500. The Hall–Kier alpha value is -1.92. The lowest BCUT2D eigenvalue weighted by Gasteiger charge is -2.35. The summed E-state index contributed by atoms with van der Waals surface area (Å²) in [6.07, 6.45) is 2.50. The number of thiophene rings is 1. The number of piperidine rings is 1. The summed E-state index contributed by atoms with van der Waals surface area (Å²) in [7, 11) is 0. The van der Waals surface area contributed by atoms with Crippen LogP contribution in [0.25, 0.3) is 10.1 Å². The molecule has 3 heterocycles. The Labute approximate surface area is 156 Å². The molecule has 1 N–H and O–H groups in total. The van der Waals surface area contributed by atoms with Gasteiger partial charge in [0, 0.05) is 24.4 Å². The third kappa shape index (κ3) is 3.35. The first kappa shape index (κ1) is 17.5. The van der Waals surface area contributed by atoms with E-state index in [0.29, 0.717) is 32.5 Å². The molecule has 2 saturated heterocycles. The molecular weight excluding hydrogens is 350 g/mol. The summed E-state index contributed by atoms with van der Waals surface area (Å²) in [5, 5.41) is 12.6. The number of amides is 1. The third-order valence-electron chi connectivity index (χ3n) is 5.71. The van der Waals surface area contributed by atoms with Crippen LogP contribution in [-0.4, -0.2) is 47.7 Å². The van der Waals surface area contributed by atoms with Crippen LogP contribution in [0.4, 0.5) is 0 Å². The number of ether oxygens (including phenoxy) is 1. The van der Waals surface area contributed by atoms with Gasteiger partial charge in [-0.1, -0.05) is 18.2 Å². The number of rotatable bonds is 4. The number of carboxylic acid groups (broad SMARTS) is 1. The van der Waals surface area contributed by atoms with Gasteiger partial charge in [-0.3, -0.25) is 9.59 Å². The number of nitrogens with zero attached hydrogens (tertiary/aromatic N) is 1. The smallest absolute Gasteiger partial charge is 0.309 e. The lowest BCUT2D eigenvalue weighted by atomic mass is 9.84. The molecule has 1 unspecified atom stereocenters. The van der Waals surface area contributed by atoms with E-state index in [0.717, 1.165) is 18.4 Å². The SMILES string of the molecule is O=C(O)C1CCO[C@H]1C1CCN(C(=O)Cc2csc3ccccc23)CC1. The Bertz CT molecular complexity index is 809. The van der Waals surface area contributed by atoms with Crippen LogP contribution in [0.3, 0.4) is 0 Å². The average Bonchev–Trinajstić information content (AvgIpc) is 3.29. The molecule has 2 fully saturated rings. The molecule has 1 aromatic heterocycles. The van der Waals surface area contributed by atoms with Crippen LogP contribution in [0.2, 0.25) is 0 Å². The molecule has 1 aromatic carbocycles. The van der Waals surface area contributed by atoms with Crippen LogP contribution in [0.15, 0.2) is 29.6 Å². The highest BCUT2D eigenvalue weighted by molar-refractivity contribution is 7.17. The van der Waals surface area contributed by atoms with Crippen molar-refractivity contribution in [3.05, 3.63) is 35.2 Å². The highest BCUT2D eigenvalue weighted by atomic mass is 32.1. The minimum atomic E-state index is -0.754. The van der Waals surface area contributed by atoms with E-state index >= 15 is 0 Å². The molecule has 0 radical (unpaired) electrons. The molecule has 0 saturated carbocycles. The van der Waals surface area contributed by atoms with Gasteiger partial charge in [-0.15, -0.1) is 11.3 Å². The molecule has 2 aliphatic rings. The van der Waals surface area contributed by atoms with Gasteiger partial charge in [0.05, 0.1) is 18.4 Å². The molecule has 138 valence electrons. The first-order chi connectivity index (χ1) is 12.6. The second-order valence-electron chi connectivity index (χ2n) is 7.22. The standard InChI is InChI=1S/C20H23NO4S/c22-18(11-14-12-26-17-4-2-1-3-15(14)17)21-8-5-13(6-9-21)19-16(20(23)24)7-10-25-19/h1-4,12-13,16,19H,5-11H2,(H,23,24)/t16?,19-/m0/s1. The van der Waals surface area contributed by atoms with Crippen LogP contribution in [0, 0.1) is 11.8 Å². The van der Waals surface area contributed by atoms with Crippen molar-refractivity contribution in [2.45, 2.75) is 31.8 Å². The number of hydrogen-bond donors (Lipinski definition) is 1. The second-order valence-corrected chi connectivity index (χ2v) is 8.13. The van der Waals surface area contributed by atoms with Gasteiger partial charge in [0.25, 0.3) is 0 Å². The van der Waals surface area contributed by atoms with Crippen molar-refractivity contribution in [2.24, 2.45) is 11.8 Å². The predicted molar refractivity (Wildman–Crippen MR) is 100 cm³/mol. The van der Waals surface area contributed by atoms with Crippen molar-refractivity contribution in [2.75, 3.05) is 19.7 Å². The molecule has 2 aromatic rings. The van der Waals surface area contributed by atoms with E-state index in [9.17, 15) is 14.7 Å². The van der Waals surface area contributed by atoms with Gasteiger partial charge >= 0.3 is 5.97 Å². The van der Waals surface area contributed by atoms with Crippen LogP contribution < -0.4 is 0 Å². The Morgan fingerprint density at radius 2 is 1.96 bits per heavy atom. The quantitative estimate of drug-likeness (QED) is 0.894. The highest BCUT2D eigenvalue weighted by Gasteiger charge is 2.40. The van der Waals surface area contributed by atoms with E-state index in [4.69, 9.17) is 4.74 Å². The maximum Gasteiger partial charge on any atom is 0.309 e. The Morgan fingerprint density at radius 3 is 2.73 bits per heavy atom. The van der Waals surface area contributed by atoms with Gasteiger partial charge in [-0.2, -0.15) is 0 Å². The summed E-state index contributed by atoms with van der Waals surface area (Å²) in [4.78, 5) is 26.0. The minimum Gasteiger partial charge on any atom is -0.481 e. The fourth-order valence-electron chi connectivity index (χ4n) is 4.26. The van der Waals surface area contributed by atoms with Crippen LogP contribution >= 0.6 is 11.3 Å². The summed E-state index contributed by atoms with van der Waals surface area (Å²) in [6, 6.07) is 8.18. The number of benzene rings is 1. The zero-order chi connectivity index (χ0) is 18.1. The Balaban J connectivity index is 1.36. The van der Waals surface area contributed by atoms with Crippen LogP contribution in [0.5, 0.6) is 0 Å². The van der Waals surface area contributed by atoms with Crippen molar-refractivity contribution < 1.29 is 19.4 Å². The molecule has 5 nitrogen and oxygen atoms in total. The summed E-state index contributed by atoms with van der Waals surface area (Å²) in [6.45, 7) is 1.92. The number of carbonyl (C=O) groups is 2. The molecule has 0 aliphatic carbocycles. The second kappa shape index (κ2) is 7.37. The summed E-state index contributed by atoms with van der Waals surface area (Å²) < 4.78 is 6.93. The van der Waals surface area contributed by atoms with Gasteiger partial charge < -0.3 is 14.7 Å². The van der Waals surface area contributed by atoms with E-state index in [1.54, 1.807) is 11.3 Å². The number of hydrogen-bond acceptors (Lipinski definition) is 4. The molecule has 4 rings (SSSR count). The van der Waals surface area contributed by atoms with Crippen molar-refractivity contribution in [1.29, 1.82) is 0 Å². The van der Waals surface area contributed by atoms with E-state index in [-0.39, 0.29) is 23.8 Å². The van der Waals surface area contributed by atoms with Crippen LogP contribution in [-0.2, 0) is 20.7 Å². The summed E-state index contributed by atoms with van der Waals surface area (Å²) >= 11 is 1.68. The van der Waals surface area contributed by atoms with Crippen LogP contribution in [0.1, 0.15) is 24.8 Å². The number of carboxylic acids is 1. The van der Waals surface area contributed by atoms with E-state index in [2.05, 4.69) is 17.5 Å². The minimum absolute atomic E-state index is 0.161. The van der Waals surface area contributed by atoms with Gasteiger partial charge in [0.2, 0.25) is 5.91 Å². The van der Waals surface area contributed by atoms with Gasteiger partial charge in [0.1, 0.15) is 0 Å². The lowest BCUT2D eigenvalue weighted by molar-refractivity contribution is -0.145. The molecule has 0 bridgehead atoms. The molecule has 2 aliphatic heterocycles. The zero-order valence-electron chi connectivity index (χ0n) is 14.6. The summed E-state index contributed by atoms with van der Waals surface area (Å²) in [5.74, 6) is -0.742. The van der Waals surface area contributed by atoms with Gasteiger partial charge in [0.15, 0.2) is 0 Å². The van der Waals surface area contributed by atoms with Crippen molar-refractivity contribution >= 4 is 33.3 Å². The molecule has 0 spiro atoms. The topological polar surface area (TPSA) is 66.8 Å². The number of aliphatic carboxylic acids is 1. The molecule has 6 heteroatoms. The lowest BCUT2D eigenvalue weighted by Crippen LogP contribution is -2.43. The zero-order valence-corrected chi connectivity index (χ0v) is 15.4. The normalized spacial score (nSPS) is 24.2. The largest absolute Gasteiger partial charge is 0.481 e. The maximum absolute atomic E-state index is 12.7. The third-order valence-corrected chi connectivity index (χ3v) is 6.73. The van der Waals surface area contributed by atoms with Crippen molar-refractivity contribution in [3.8, 4) is 0 Å². The molecule has 26 heavy (non-hydrogen) atoms. The highest BCUT2D eigenvalue weighted by Crippen LogP contribution is 2.33. The number of carbonyl (C=O) groups excluding carboxylic acids is 1. The summed E-state index contributed by atoms with van der Waals surface area (Å²) in [5.41, 5.74) is 1.10. The average molecular weight is 373 g/mol. The molecule has 1 amide bonds. The van der Waals surface area contributed by atoms with Gasteiger partial charge in [-0.25, -0.2) is 0 Å². The Morgan fingerprint density at radius 1 is 1.19 bits per heavy atom. The first-order valence-corrected chi connectivity index (χ1v) is 10.1. The number of likely N-dealkylation sites (tertiary alicyclic amines) is 1. The van der Waals surface area contributed by atoms with E-state index < -0.39 is 5.97 Å². The molecular formula is C20H23NO4S. The van der Waals surface area contributed by atoms with Crippen molar-refractivity contribution in [3.63, 3.8) is 0 Å². The van der Waals surface area contributed by atoms with Crippen molar-refractivity contribution in [1.82, 2.24) is 4.90 Å². The Kier molecular flexibility index (Phi) is 4.96. The predicted octanol–water partition coefficient (Wildman–Crippen LogP) is 3.17. The monoisotopic (exact) mass is 373 g/mol. The number of fused-ring (bicyclic) bond motifs is 1.